The van der Waals surface area contributed by atoms with E-state index >= 15 is 0 Å². The van der Waals surface area contributed by atoms with Gasteiger partial charge in [-0.1, -0.05) is 13.8 Å². The smallest absolute Gasteiger partial charge is 0.236 e. The second-order valence-electron chi connectivity index (χ2n) is 5.74. The maximum absolute atomic E-state index is 12.2. The van der Waals surface area contributed by atoms with Crippen molar-refractivity contribution in [3.05, 3.63) is 0 Å². The van der Waals surface area contributed by atoms with Crippen LogP contribution in [0, 0.1) is 0 Å². The van der Waals surface area contributed by atoms with E-state index in [0.29, 0.717) is 39.1 Å². The zero-order valence-corrected chi connectivity index (χ0v) is 16.1. The lowest BCUT2D eigenvalue weighted by Crippen LogP contribution is -2.52. The second kappa shape index (κ2) is 12.8. The van der Waals surface area contributed by atoms with E-state index in [2.05, 4.69) is 18.7 Å². The van der Waals surface area contributed by atoms with Crippen molar-refractivity contribution in [1.29, 1.82) is 0 Å². The quantitative estimate of drug-likeness (QED) is 0.724. The number of hydrogen-bond donors (Lipinski definition) is 1. The van der Waals surface area contributed by atoms with Gasteiger partial charge in [-0.05, 0) is 26.4 Å². The van der Waals surface area contributed by atoms with Crippen LogP contribution in [0.2, 0.25) is 0 Å². The number of nitrogens with zero attached hydrogens (tertiary/aromatic N) is 3. The number of amides is 2. The van der Waals surface area contributed by atoms with Crippen LogP contribution >= 0.6 is 24.8 Å². The van der Waals surface area contributed by atoms with Gasteiger partial charge in [0, 0.05) is 38.6 Å². The van der Waals surface area contributed by atoms with Crippen LogP contribution in [0.1, 0.15) is 33.6 Å². The highest BCUT2D eigenvalue weighted by Crippen LogP contribution is 2.07. The summed E-state index contributed by atoms with van der Waals surface area (Å²) in [6, 6.07) is 0.0610. The van der Waals surface area contributed by atoms with Crippen LogP contribution in [-0.2, 0) is 9.59 Å². The predicted molar refractivity (Wildman–Crippen MR) is 98.3 cm³/mol. The average Bonchev–Trinajstić information content (AvgIpc) is 2.50. The zero-order chi connectivity index (χ0) is 15.8. The molecule has 23 heavy (non-hydrogen) atoms. The summed E-state index contributed by atoms with van der Waals surface area (Å²) in [5.41, 5.74) is 5.68. The third-order valence-electron chi connectivity index (χ3n) is 4.05. The topological polar surface area (TPSA) is 69.9 Å². The van der Waals surface area contributed by atoms with Crippen molar-refractivity contribution in [2.75, 3.05) is 45.8 Å². The first-order valence-corrected chi connectivity index (χ1v) is 8.01. The first-order chi connectivity index (χ1) is 9.97. The Bertz CT molecular complexity index is 344. The summed E-state index contributed by atoms with van der Waals surface area (Å²) in [7, 11) is 0. The van der Waals surface area contributed by atoms with E-state index in [1.165, 1.54) is 0 Å². The number of hydrogen-bond acceptors (Lipinski definition) is 4. The number of carbonyl (C=O) groups is 2. The van der Waals surface area contributed by atoms with Gasteiger partial charge in [-0.3, -0.25) is 14.5 Å². The molecule has 2 amide bonds. The standard InChI is InChI=1S/C15H30N4O2.2ClH/c1-4-17(5-2)12-15(21)19-10-8-18(9-11-19)14(20)7-6-13(3)16;;/h13H,4-12,16H2,1-3H3;2*1H. The van der Waals surface area contributed by atoms with Crippen molar-refractivity contribution in [3.8, 4) is 0 Å². The fraction of sp³-hybridized carbons (Fsp3) is 0.867. The number of piperazine rings is 1. The maximum atomic E-state index is 12.2. The number of likely N-dealkylation sites (N-methyl/N-ethyl adjacent to an activating group) is 1. The fourth-order valence-corrected chi connectivity index (χ4v) is 2.45. The molecule has 1 aliphatic rings. The van der Waals surface area contributed by atoms with Gasteiger partial charge in [0.15, 0.2) is 0 Å². The van der Waals surface area contributed by atoms with Gasteiger partial charge in [0.1, 0.15) is 0 Å². The Kier molecular flexibility index (Phi) is 13.8. The number of nitrogens with two attached hydrogens (primary N) is 1. The molecule has 0 aromatic heterocycles. The molecule has 1 heterocycles. The van der Waals surface area contributed by atoms with Crippen molar-refractivity contribution in [2.45, 2.75) is 39.7 Å². The lowest BCUT2D eigenvalue weighted by molar-refractivity contribution is -0.140. The van der Waals surface area contributed by atoms with E-state index in [-0.39, 0.29) is 42.7 Å². The van der Waals surface area contributed by atoms with Crippen LogP contribution in [0.4, 0.5) is 0 Å². The Hall–Kier alpha value is -0.560. The molecule has 0 aliphatic carbocycles. The molecule has 1 atom stereocenters. The fourth-order valence-electron chi connectivity index (χ4n) is 2.45. The molecular formula is C15H32Cl2N4O2. The molecular weight excluding hydrogens is 339 g/mol. The Morgan fingerprint density at radius 1 is 1.00 bits per heavy atom. The third-order valence-corrected chi connectivity index (χ3v) is 4.05. The van der Waals surface area contributed by atoms with Crippen molar-refractivity contribution >= 4 is 36.6 Å². The third kappa shape index (κ3) is 8.74. The normalized spacial score (nSPS) is 15.7. The minimum Gasteiger partial charge on any atom is -0.339 e. The maximum Gasteiger partial charge on any atom is 0.236 e. The molecule has 0 radical (unpaired) electrons. The van der Waals surface area contributed by atoms with E-state index in [1.54, 1.807) is 0 Å². The number of halogens is 2. The summed E-state index contributed by atoms with van der Waals surface area (Å²) in [6.45, 7) is 10.9. The zero-order valence-electron chi connectivity index (χ0n) is 14.5. The highest BCUT2D eigenvalue weighted by Gasteiger charge is 2.24. The Labute approximate surface area is 152 Å². The summed E-state index contributed by atoms with van der Waals surface area (Å²) in [5, 5.41) is 0. The van der Waals surface area contributed by atoms with E-state index in [4.69, 9.17) is 5.73 Å². The predicted octanol–water partition coefficient (Wildman–Crippen LogP) is 0.970. The van der Waals surface area contributed by atoms with Crippen LogP contribution in [0.15, 0.2) is 0 Å². The molecule has 6 nitrogen and oxygen atoms in total. The summed E-state index contributed by atoms with van der Waals surface area (Å²) in [4.78, 5) is 30.0. The van der Waals surface area contributed by atoms with Crippen LogP contribution in [0.3, 0.4) is 0 Å². The van der Waals surface area contributed by atoms with E-state index in [0.717, 1.165) is 19.5 Å². The van der Waals surface area contributed by atoms with Gasteiger partial charge < -0.3 is 15.5 Å². The molecule has 0 bridgehead atoms. The molecule has 1 unspecified atom stereocenters. The van der Waals surface area contributed by atoms with Gasteiger partial charge in [-0.2, -0.15) is 0 Å². The first kappa shape index (κ1) is 24.7. The second-order valence-corrected chi connectivity index (χ2v) is 5.74. The van der Waals surface area contributed by atoms with Crippen molar-refractivity contribution in [1.82, 2.24) is 14.7 Å². The van der Waals surface area contributed by atoms with Crippen LogP contribution in [0.25, 0.3) is 0 Å². The van der Waals surface area contributed by atoms with Gasteiger partial charge in [0.05, 0.1) is 6.54 Å². The molecule has 0 aromatic rings. The molecule has 0 saturated carbocycles. The molecule has 138 valence electrons. The molecule has 0 aromatic carbocycles. The van der Waals surface area contributed by atoms with E-state index < -0.39 is 0 Å². The Balaban J connectivity index is 0. The van der Waals surface area contributed by atoms with Crippen LogP contribution in [-0.4, -0.2) is 78.4 Å². The summed E-state index contributed by atoms with van der Waals surface area (Å²) in [5.74, 6) is 0.324. The summed E-state index contributed by atoms with van der Waals surface area (Å²) in [6.07, 6.45) is 1.23. The summed E-state index contributed by atoms with van der Waals surface area (Å²) >= 11 is 0. The number of carbonyl (C=O) groups excluding carboxylic acids is 2. The lowest BCUT2D eigenvalue weighted by atomic mass is 10.1. The number of rotatable bonds is 7. The van der Waals surface area contributed by atoms with Gasteiger partial charge >= 0.3 is 0 Å². The van der Waals surface area contributed by atoms with Gasteiger partial charge in [0.25, 0.3) is 0 Å². The van der Waals surface area contributed by atoms with Crippen LogP contribution in [0.5, 0.6) is 0 Å². The lowest BCUT2D eigenvalue weighted by Gasteiger charge is -2.35. The molecule has 1 saturated heterocycles. The van der Waals surface area contributed by atoms with Gasteiger partial charge in [-0.15, -0.1) is 24.8 Å². The average molecular weight is 371 g/mol. The van der Waals surface area contributed by atoms with E-state index in [1.807, 2.05) is 16.7 Å². The molecule has 0 spiro atoms. The minimum absolute atomic E-state index is 0. The minimum atomic E-state index is 0. The highest BCUT2D eigenvalue weighted by atomic mass is 35.5. The van der Waals surface area contributed by atoms with E-state index in [9.17, 15) is 9.59 Å². The van der Waals surface area contributed by atoms with Gasteiger partial charge in [0.2, 0.25) is 11.8 Å². The molecule has 1 aliphatic heterocycles. The molecule has 8 heteroatoms. The Morgan fingerprint density at radius 3 is 1.83 bits per heavy atom. The first-order valence-electron chi connectivity index (χ1n) is 8.01. The largest absolute Gasteiger partial charge is 0.339 e. The van der Waals surface area contributed by atoms with Crippen LogP contribution < -0.4 is 5.73 Å². The van der Waals surface area contributed by atoms with Gasteiger partial charge in [-0.25, -0.2) is 0 Å². The van der Waals surface area contributed by atoms with Crippen molar-refractivity contribution < 1.29 is 9.59 Å². The molecule has 1 rings (SSSR count). The monoisotopic (exact) mass is 370 g/mol. The highest BCUT2D eigenvalue weighted by molar-refractivity contribution is 5.85. The summed E-state index contributed by atoms with van der Waals surface area (Å²) < 4.78 is 0. The SMILES string of the molecule is CCN(CC)CC(=O)N1CCN(C(=O)CCC(C)N)CC1.Cl.Cl. The van der Waals surface area contributed by atoms with Crippen molar-refractivity contribution in [2.24, 2.45) is 5.73 Å². The van der Waals surface area contributed by atoms with Crippen molar-refractivity contribution in [3.63, 3.8) is 0 Å². The molecule has 2 N–H and O–H groups in total. The molecule has 1 fully saturated rings. The Morgan fingerprint density at radius 2 is 1.43 bits per heavy atom.